The molecule has 2 aromatic carbocycles. The highest BCUT2D eigenvalue weighted by molar-refractivity contribution is 7.99. The van der Waals surface area contributed by atoms with Crippen molar-refractivity contribution in [3.05, 3.63) is 75.7 Å². The molecule has 39 heavy (non-hydrogen) atoms. The number of H-pyrrole nitrogens is 1. The summed E-state index contributed by atoms with van der Waals surface area (Å²) in [5, 5.41) is 13.7. The van der Waals surface area contributed by atoms with E-state index in [2.05, 4.69) is 16.3 Å². The number of nitrogens with one attached hydrogen (secondary N) is 1. The summed E-state index contributed by atoms with van der Waals surface area (Å²) in [4.78, 5) is 25.8. The van der Waals surface area contributed by atoms with Crippen LogP contribution in [-0.4, -0.2) is 51.4 Å². The summed E-state index contributed by atoms with van der Waals surface area (Å²) >= 11 is 1.26. The maximum atomic E-state index is 13.7. The monoisotopic (exact) mass is 547 g/mol. The second-order valence-electron chi connectivity index (χ2n) is 9.63. The lowest BCUT2D eigenvalue weighted by Crippen LogP contribution is -2.33. The summed E-state index contributed by atoms with van der Waals surface area (Å²) < 4.78 is 12.2. The van der Waals surface area contributed by atoms with Gasteiger partial charge in [-0.25, -0.2) is 14.9 Å². The van der Waals surface area contributed by atoms with E-state index in [0.717, 1.165) is 59.6 Å². The number of methoxy groups -OCH3 is 2. The average Bonchev–Trinajstić information content (AvgIpc) is 3.53. The van der Waals surface area contributed by atoms with Crippen molar-refractivity contribution in [2.45, 2.75) is 50.4 Å². The molecule has 10 heteroatoms. The predicted octanol–water partition coefficient (Wildman–Crippen LogP) is 4.91. The molecule has 0 saturated heterocycles. The summed E-state index contributed by atoms with van der Waals surface area (Å²) in [5.74, 6) is 1.68. The Kier molecular flexibility index (Phi) is 8.21. The lowest BCUT2D eigenvalue weighted by Gasteiger charge is -2.29. The Hall–Kier alpha value is -3.79. The third kappa shape index (κ3) is 5.66. The first-order valence-electron chi connectivity index (χ1n) is 13.2. The quantitative estimate of drug-likeness (QED) is 0.382. The Bertz CT molecular complexity index is 1430. The van der Waals surface area contributed by atoms with Gasteiger partial charge >= 0.3 is 5.69 Å². The molecule has 0 spiro atoms. The van der Waals surface area contributed by atoms with E-state index in [4.69, 9.17) is 14.6 Å². The fourth-order valence-corrected chi connectivity index (χ4v) is 6.09. The first-order valence-corrected chi connectivity index (χ1v) is 14.2. The van der Waals surface area contributed by atoms with Gasteiger partial charge in [-0.1, -0.05) is 43.0 Å². The van der Waals surface area contributed by atoms with Crippen LogP contribution in [-0.2, 0) is 11.3 Å². The Labute approximate surface area is 231 Å². The van der Waals surface area contributed by atoms with Crippen molar-refractivity contribution >= 4 is 29.5 Å². The van der Waals surface area contributed by atoms with E-state index in [9.17, 15) is 9.59 Å². The van der Waals surface area contributed by atoms with Crippen LogP contribution in [0.15, 0.2) is 69.2 Å². The number of thioether (sulfide) groups is 1. The fourth-order valence-electron chi connectivity index (χ4n) is 5.27. The number of nitrogens with zero attached hydrogens (tertiary/aromatic N) is 4. The van der Waals surface area contributed by atoms with Gasteiger partial charge in [0.2, 0.25) is 0 Å². The third-order valence-corrected chi connectivity index (χ3v) is 8.13. The van der Waals surface area contributed by atoms with Gasteiger partial charge in [-0.2, -0.15) is 5.10 Å². The number of hydrogen-bond donors (Lipinski definition) is 1. The highest BCUT2D eigenvalue weighted by atomic mass is 32.2. The third-order valence-electron chi connectivity index (χ3n) is 7.17. The van der Waals surface area contributed by atoms with Gasteiger partial charge in [0.15, 0.2) is 5.16 Å². The maximum Gasteiger partial charge on any atom is 0.343 e. The van der Waals surface area contributed by atoms with E-state index in [-0.39, 0.29) is 29.3 Å². The number of amides is 1. The summed E-state index contributed by atoms with van der Waals surface area (Å²) in [5.41, 5.74) is 3.96. The second-order valence-corrected chi connectivity index (χ2v) is 10.6. The van der Waals surface area contributed by atoms with Crippen LogP contribution in [0.1, 0.15) is 49.8 Å². The standard InChI is InChI=1S/C29H33N5O4S/c1-4-16-33-28(36)30-31-29(33)39-18-25(35)34-27(20-10-14-23(38-3)15-11-20)24-7-5-6-21(26(24)32-34)17-19-8-12-22(37-2)13-9-19/h8-15,17,24,27H,4-7,16,18H2,1-3H3,(H,30,36)/b21-17+. The van der Waals surface area contributed by atoms with Crippen LogP contribution in [0.5, 0.6) is 11.5 Å². The summed E-state index contributed by atoms with van der Waals surface area (Å²) in [6.45, 7) is 2.55. The van der Waals surface area contributed by atoms with Crippen molar-refractivity contribution in [2.24, 2.45) is 11.0 Å². The van der Waals surface area contributed by atoms with E-state index in [1.807, 2.05) is 55.5 Å². The lowest BCUT2D eigenvalue weighted by atomic mass is 9.77. The minimum Gasteiger partial charge on any atom is -0.497 e. The number of carbonyl (C=O) groups is 1. The van der Waals surface area contributed by atoms with Crippen LogP contribution in [0.25, 0.3) is 6.08 Å². The molecule has 0 radical (unpaired) electrons. The number of benzene rings is 2. The minimum absolute atomic E-state index is 0.0919. The summed E-state index contributed by atoms with van der Waals surface area (Å²) in [6.07, 6.45) is 5.84. The number of aromatic nitrogens is 3. The van der Waals surface area contributed by atoms with Crippen LogP contribution in [0.2, 0.25) is 0 Å². The molecule has 2 aliphatic rings. The molecule has 1 amide bonds. The number of carbonyl (C=O) groups excluding carboxylic acids is 1. The van der Waals surface area contributed by atoms with Gasteiger partial charge in [0.05, 0.1) is 31.7 Å². The highest BCUT2D eigenvalue weighted by Gasteiger charge is 2.43. The number of allylic oxidation sites excluding steroid dienone is 1. The SMILES string of the molecule is CCCn1c(SCC(=O)N2N=C3/C(=C/c4ccc(OC)cc4)CCCC3C2c2ccc(OC)cc2)n[nH]c1=O. The van der Waals surface area contributed by atoms with Crippen molar-refractivity contribution in [3.8, 4) is 11.5 Å². The smallest absolute Gasteiger partial charge is 0.343 e. The molecule has 1 saturated carbocycles. The molecule has 2 atom stereocenters. The first kappa shape index (κ1) is 26.8. The molecule has 2 heterocycles. The van der Waals surface area contributed by atoms with E-state index in [0.29, 0.717) is 11.7 Å². The van der Waals surface area contributed by atoms with Gasteiger partial charge in [-0.15, -0.1) is 5.10 Å². The van der Waals surface area contributed by atoms with Gasteiger partial charge in [0, 0.05) is 12.5 Å². The fraction of sp³-hybridized carbons (Fsp3) is 0.379. The zero-order valence-electron chi connectivity index (χ0n) is 22.4. The number of aromatic amines is 1. The summed E-state index contributed by atoms with van der Waals surface area (Å²) in [6, 6.07) is 15.6. The number of hydrazone groups is 1. The second kappa shape index (κ2) is 11.9. The Morgan fingerprint density at radius 2 is 1.79 bits per heavy atom. The number of ether oxygens (including phenoxy) is 2. The van der Waals surface area contributed by atoms with Crippen LogP contribution < -0.4 is 15.2 Å². The molecule has 1 aliphatic heterocycles. The number of hydrogen-bond acceptors (Lipinski definition) is 7. The van der Waals surface area contributed by atoms with Gasteiger partial charge in [0.1, 0.15) is 11.5 Å². The van der Waals surface area contributed by atoms with Crippen LogP contribution >= 0.6 is 11.8 Å². The molecule has 2 unspecified atom stereocenters. The van der Waals surface area contributed by atoms with Gasteiger partial charge in [-0.05, 0) is 72.7 Å². The van der Waals surface area contributed by atoms with Crippen LogP contribution in [0, 0.1) is 5.92 Å². The average molecular weight is 548 g/mol. The largest absolute Gasteiger partial charge is 0.497 e. The van der Waals surface area contributed by atoms with Crippen LogP contribution in [0.4, 0.5) is 0 Å². The van der Waals surface area contributed by atoms with Crippen molar-refractivity contribution in [2.75, 3.05) is 20.0 Å². The van der Waals surface area contributed by atoms with Crippen molar-refractivity contribution in [1.29, 1.82) is 0 Å². The molecule has 1 aliphatic carbocycles. The molecule has 204 valence electrons. The van der Waals surface area contributed by atoms with Gasteiger partial charge in [-0.3, -0.25) is 9.36 Å². The molecule has 1 aromatic heterocycles. The molecule has 9 nitrogen and oxygen atoms in total. The van der Waals surface area contributed by atoms with E-state index in [1.165, 1.54) is 11.8 Å². The maximum absolute atomic E-state index is 13.7. The Morgan fingerprint density at radius 1 is 1.10 bits per heavy atom. The van der Waals surface area contributed by atoms with Crippen LogP contribution in [0.3, 0.4) is 0 Å². The minimum atomic E-state index is -0.261. The Morgan fingerprint density at radius 3 is 2.46 bits per heavy atom. The topological polar surface area (TPSA) is 102 Å². The molecule has 5 rings (SSSR count). The molecule has 1 fully saturated rings. The zero-order chi connectivity index (χ0) is 27.4. The van der Waals surface area contributed by atoms with Gasteiger partial charge in [0.25, 0.3) is 5.91 Å². The molecule has 3 aromatic rings. The highest BCUT2D eigenvalue weighted by Crippen LogP contribution is 2.45. The Balaban J connectivity index is 1.45. The normalized spacial score (nSPS) is 19.6. The molecule has 0 bridgehead atoms. The first-order chi connectivity index (χ1) is 19.0. The van der Waals surface area contributed by atoms with E-state index in [1.54, 1.807) is 23.8 Å². The van der Waals surface area contributed by atoms with Crippen molar-refractivity contribution in [1.82, 2.24) is 19.8 Å². The zero-order valence-corrected chi connectivity index (χ0v) is 23.2. The van der Waals surface area contributed by atoms with Crippen molar-refractivity contribution in [3.63, 3.8) is 0 Å². The number of fused-ring (bicyclic) bond motifs is 1. The number of rotatable bonds is 9. The molecular weight excluding hydrogens is 514 g/mol. The van der Waals surface area contributed by atoms with E-state index < -0.39 is 0 Å². The lowest BCUT2D eigenvalue weighted by molar-refractivity contribution is -0.130. The van der Waals surface area contributed by atoms with Crippen molar-refractivity contribution < 1.29 is 14.3 Å². The molecule has 1 N–H and O–H groups in total. The molecular formula is C29H33N5O4S. The van der Waals surface area contributed by atoms with Gasteiger partial charge < -0.3 is 9.47 Å². The van der Waals surface area contributed by atoms with E-state index >= 15 is 0 Å². The summed E-state index contributed by atoms with van der Waals surface area (Å²) in [7, 11) is 3.30. The predicted molar refractivity (Wildman–Crippen MR) is 152 cm³/mol.